The largest absolute Gasteiger partial charge is 0.497 e. The molecule has 2 rings (SSSR count). The number of rotatable bonds is 5. The summed E-state index contributed by atoms with van der Waals surface area (Å²) in [5, 5.41) is 3.81. The van der Waals surface area contributed by atoms with Crippen LogP contribution in [-0.2, 0) is 6.54 Å². The summed E-state index contributed by atoms with van der Waals surface area (Å²) < 4.78 is 5.13. The lowest BCUT2D eigenvalue weighted by Gasteiger charge is -2.20. The Morgan fingerprint density at radius 3 is 2.53 bits per heavy atom. The average molecular weight is 275 g/mol. The molecule has 0 spiro atoms. The van der Waals surface area contributed by atoms with Gasteiger partial charge in [0.2, 0.25) is 0 Å². The molecule has 0 fully saturated rings. The molecule has 1 amide bonds. The normalized spacial score (nSPS) is 10.2. The first kappa shape index (κ1) is 13.6. The smallest absolute Gasteiger partial charge is 0.254 e. The number of carbonyl (C=O) groups excluding carboxylic acids is 1. The highest BCUT2D eigenvalue weighted by Crippen LogP contribution is 2.15. The van der Waals surface area contributed by atoms with Crippen LogP contribution in [0, 0.1) is 0 Å². The molecule has 0 unspecified atom stereocenters. The molecule has 0 saturated heterocycles. The van der Waals surface area contributed by atoms with Crippen LogP contribution in [0.25, 0.3) is 0 Å². The summed E-state index contributed by atoms with van der Waals surface area (Å²) in [6.07, 6.45) is 0. The number of benzene rings is 1. The van der Waals surface area contributed by atoms with E-state index in [4.69, 9.17) is 4.74 Å². The predicted octanol–water partition coefficient (Wildman–Crippen LogP) is 3.42. The van der Waals surface area contributed by atoms with E-state index in [1.165, 1.54) is 0 Å². The number of hydrogen-bond donors (Lipinski definition) is 0. The van der Waals surface area contributed by atoms with Crippen molar-refractivity contribution >= 4 is 17.2 Å². The Bertz CT molecular complexity index is 520. The molecule has 0 saturated carbocycles. The maximum Gasteiger partial charge on any atom is 0.254 e. The number of nitrogens with zero attached hydrogens (tertiary/aromatic N) is 1. The Balaban J connectivity index is 2.08. The second-order valence-electron chi connectivity index (χ2n) is 4.18. The van der Waals surface area contributed by atoms with E-state index in [1.54, 1.807) is 18.4 Å². The third-order valence-corrected chi connectivity index (χ3v) is 3.65. The lowest BCUT2D eigenvalue weighted by molar-refractivity contribution is 0.0753. The Morgan fingerprint density at radius 2 is 2.00 bits per heavy atom. The minimum Gasteiger partial charge on any atom is -0.497 e. The lowest BCUT2D eigenvalue weighted by Crippen LogP contribution is -2.29. The maximum atomic E-state index is 12.3. The summed E-state index contributed by atoms with van der Waals surface area (Å²) in [5.74, 6) is 0.913. The standard InChI is InChI=1S/C15H17NO2S/c1-3-16(15(17)13-8-9-19-11-13)10-12-4-6-14(18-2)7-5-12/h4-9,11H,3,10H2,1-2H3. The zero-order valence-electron chi connectivity index (χ0n) is 11.1. The van der Waals surface area contributed by atoms with Gasteiger partial charge in [0, 0.05) is 18.5 Å². The first-order valence-corrected chi connectivity index (χ1v) is 7.13. The molecule has 1 aromatic carbocycles. The molecule has 1 aromatic heterocycles. The zero-order chi connectivity index (χ0) is 13.7. The van der Waals surface area contributed by atoms with Crippen LogP contribution in [0.1, 0.15) is 22.8 Å². The Labute approximate surface area is 117 Å². The summed E-state index contributed by atoms with van der Waals surface area (Å²) in [5.41, 5.74) is 1.87. The van der Waals surface area contributed by atoms with E-state index in [-0.39, 0.29) is 5.91 Å². The van der Waals surface area contributed by atoms with Gasteiger partial charge in [-0.15, -0.1) is 0 Å². The summed E-state index contributed by atoms with van der Waals surface area (Å²) in [4.78, 5) is 14.1. The van der Waals surface area contributed by atoms with Crippen LogP contribution in [0.2, 0.25) is 0 Å². The number of carbonyl (C=O) groups is 1. The molecule has 1 heterocycles. The molecule has 100 valence electrons. The van der Waals surface area contributed by atoms with Crippen LogP contribution in [0.15, 0.2) is 41.1 Å². The molecule has 0 aliphatic heterocycles. The average Bonchev–Trinajstić information content (AvgIpc) is 2.99. The van der Waals surface area contributed by atoms with Gasteiger partial charge in [0.15, 0.2) is 0 Å². The van der Waals surface area contributed by atoms with E-state index >= 15 is 0 Å². The molecule has 19 heavy (non-hydrogen) atoms. The molecule has 3 nitrogen and oxygen atoms in total. The third kappa shape index (κ3) is 3.35. The molecule has 0 atom stereocenters. The zero-order valence-corrected chi connectivity index (χ0v) is 11.9. The van der Waals surface area contributed by atoms with Crippen molar-refractivity contribution in [3.63, 3.8) is 0 Å². The Kier molecular flexibility index (Phi) is 4.58. The number of amides is 1. The van der Waals surface area contributed by atoms with Gasteiger partial charge in [-0.3, -0.25) is 4.79 Å². The van der Waals surface area contributed by atoms with Crippen LogP contribution in [0.4, 0.5) is 0 Å². The molecule has 0 radical (unpaired) electrons. The van der Waals surface area contributed by atoms with Crippen LogP contribution in [-0.4, -0.2) is 24.5 Å². The highest BCUT2D eigenvalue weighted by molar-refractivity contribution is 7.08. The van der Waals surface area contributed by atoms with Crippen molar-refractivity contribution in [2.24, 2.45) is 0 Å². The number of hydrogen-bond acceptors (Lipinski definition) is 3. The SMILES string of the molecule is CCN(Cc1ccc(OC)cc1)C(=O)c1ccsc1. The van der Waals surface area contributed by atoms with Gasteiger partial charge in [-0.25, -0.2) is 0 Å². The van der Waals surface area contributed by atoms with Gasteiger partial charge < -0.3 is 9.64 Å². The summed E-state index contributed by atoms with van der Waals surface area (Å²) in [6, 6.07) is 9.67. The Hall–Kier alpha value is -1.81. The maximum absolute atomic E-state index is 12.3. The minimum atomic E-state index is 0.0829. The molecule has 0 N–H and O–H groups in total. The van der Waals surface area contributed by atoms with E-state index in [2.05, 4.69) is 0 Å². The molecule has 2 aromatic rings. The first-order valence-electron chi connectivity index (χ1n) is 6.19. The molecule has 4 heteroatoms. The second kappa shape index (κ2) is 6.38. The van der Waals surface area contributed by atoms with Crippen molar-refractivity contribution in [2.45, 2.75) is 13.5 Å². The van der Waals surface area contributed by atoms with Gasteiger partial charge in [0.1, 0.15) is 5.75 Å². The van der Waals surface area contributed by atoms with Crippen LogP contribution < -0.4 is 4.74 Å². The van der Waals surface area contributed by atoms with Crippen LogP contribution in [0.5, 0.6) is 5.75 Å². The lowest BCUT2D eigenvalue weighted by atomic mass is 10.2. The minimum absolute atomic E-state index is 0.0829. The fourth-order valence-electron chi connectivity index (χ4n) is 1.85. The monoisotopic (exact) mass is 275 g/mol. The fraction of sp³-hybridized carbons (Fsp3) is 0.267. The van der Waals surface area contributed by atoms with E-state index in [0.717, 1.165) is 16.9 Å². The number of ether oxygens (including phenoxy) is 1. The quantitative estimate of drug-likeness (QED) is 0.836. The molecular formula is C15H17NO2S. The van der Waals surface area contributed by atoms with Crippen LogP contribution >= 0.6 is 11.3 Å². The first-order chi connectivity index (χ1) is 9.24. The van der Waals surface area contributed by atoms with Gasteiger partial charge >= 0.3 is 0 Å². The van der Waals surface area contributed by atoms with Gasteiger partial charge in [-0.2, -0.15) is 11.3 Å². The van der Waals surface area contributed by atoms with E-state index in [0.29, 0.717) is 13.1 Å². The van der Waals surface area contributed by atoms with E-state index < -0.39 is 0 Å². The van der Waals surface area contributed by atoms with Crippen molar-refractivity contribution in [1.29, 1.82) is 0 Å². The fourth-order valence-corrected chi connectivity index (χ4v) is 2.48. The van der Waals surface area contributed by atoms with Crippen molar-refractivity contribution in [3.8, 4) is 5.75 Å². The number of thiophene rings is 1. The molecule has 0 aliphatic carbocycles. The summed E-state index contributed by atoms with van der Waals surface area (Å²) >= 11 is 1.54. The third-order valence-electron chi connectivity index (χ3n) is 2.97. The second-order valence-corrected chi connectivity index (χ2v) is 4.96. The van der Waals surface area contributed by atoms with Gasteiger partial charge in [0.25, 0.3) is 5.91 Å². The highest BCUT2D eigenvalue weighted by Gasteiger charge is 2.14. The van der Waals surface area contributed by atoms with Crippen molar-refractivity contribution < 1.29 is 9.53 Å². The van der Waals surface area contributed by atoms with Gasteiger partial charge in [-0.05, 0) is 36.1 Å². The predicted molar refractivity (Wildman–Crippen MR) is 77.7 cm³/mol. The van der Waals surface area contributed by atoms with Crippen molar-refractivity contribution in [1.82, 2.24) is 4.90 Å². The topological polar surface area (TPSA) is 29.5 Å². The van der Waals surface area contributed by atoms with Gasteiger partial charge in [0.05, 0.1) is 12.7 Å². The van der Waals surface area contributed by atoms with Crippen molar-refractivity contribution in [2.75, 3.05) is 13.7 Å². The Morgan fingerprint density at radius 1 is 1.26 bits per heavy atom. The molecular weight excluding hydrogens is 258 g/mol. The van der Waals surface area contributed by atoms with Crippen molar-refractivity contribution in [3.05, 3.63) is 52.2 Å². The summed E-state index contributed by atoms with van der Waals surface area (Å²) in [7, 11) is 1.65. The van der Waals surface area contributed by atoms with Gasteiger partial charge in [-0.1, -0.05) is 12.1 Å². The van der Waals surface area contributed by atoms with Crippen LogP contribution in [0.3, 0.4) is 0 Å². The van der Waals surface area contributed by atoms with E-state index in [9.17, 15) is 4.79 Å². The summed E-state index contributed by atoms with van der Waals surface area (Å²) in [6.45, 7) is 3.31. The number of methoxy groups -OCH3 is 1. The van der Waals surface area contributed by atoms with E-state index in [1.807, 2.05) is 52.9 Å². The molecule has 0 bridgehead atoms. The highest BCUT2D eigenvalue weighted by atomic mass is 32.1. The molecule has 0 aliphatic rings.